The van der Waals surface area contributed by atoms with Gasteiger partial charge in [0.05, 0.1) is 6.54 Å². The van der Waals surface area contributed by atoms with Crippen LogP contribution in [-0.4, -0.2) is 8.70 Å². The Morgan fingerprint density at radius 1 is 1.55 bits per heavy atom. The Morgan fingerprint density at radius 3 is 3.18 bits per heavy atom. The van der Waals surface area contributed by atoms with E-state index < -0.39 is 0 Å². The molecule has 0 saturated heterocycles. The summed E-state index contributed by atoms with van der Waals surface area (Å²) in [5.74, 6) is 0. The number of nitrogens with zero attached hydrogens (tertiary/aromatic N) is 2. The van der Waals surface area contributed by atoms with Gasteiger partial charge in [-0.1, -0.05) is 11.6 Å². The maximum absolute atomic E-state index is 5.71. The zero-order chi connectivity index (χ0) is 7.84. The Hall–Kier alpha value is -0.160. The third kappa shape index (κ3) is 1.27. The van der Waals surface area contributed by atoms with Gasteiger partial charge in [0.25, 0.3) is 0 Å². The highest BCUT2D eigenvalue weighted by Crippen LogP contribution is 2.23. The first kappa shape index (κ1) is 7.49. The lowest BCUT2D eigenvalue weighted by Crippen LogP contribution is -1.89. The number of pyridine rings is 1. The number of aliphatic imine (C=N–C) groups is 1. The second-order valence-corrected chi connectivity index (χ2v) is 3.68. The van der Waals surface area contributed by atoms with Gasteiger partial charge in [0.15, 0.2) is 0 Å². The molecule has 2 rings (SSSR count). The maximum Gasteiger partial charge on any atom is 0.129 e. The van der Waals surface area contributed by atoms with Crippen molar-refractivity contribution in [2.45, 2.75) is 6.54 Å². The third-order valence-corrected chi connectivity index (χ3v) is 2.70. The van der Waals surface area contributed by atoms with E-state index in [9.17, 15) is 0 Å². The van der Waals surface area contributed by atoms with Crippen molar-refractivity contribution in [2.24, 2.45) is 4.99 Å². The first-order valence-electron chi connectivity index (χ1n) is 3.12. The second-order valence-electron chi connectivity index (χ2n) is 2.27. The Balaban J connectivity index is 2.58. The molecular weight excluding hydrogens is 274 g/mol. The average molecular weight is 278 g/mol. The van der Waals surface area contributed by atoms with Crippen molar-refractivity contribution in [3.05, 3.63) is 28.5 Å². The Morgan fingerprint density at radius 2 is 2.36 bits per heavy atom. The van der Waals surface area contributed by atoms with Gasteiger partial charge in [-0.3, -0.25) is 4.99 Å². The molecule has 0 N–H and O–H groups in total. The van der Waals surface area contributed by atoms with Gasteiger partial charge in [0, 0.05) is 11.8 Å². The largest absolute Gasteiger partial charge is 0.273 e. The van der Waals surface area contributed by atoms with E-state index in [1.165, 1.54) is 5.56 Å². The van der Waals surface area contributed by atoms with Crippen LogP contribution in [0.4, 0.5) is 0 Å². The molecule has 1 aromatic heterocycles. The van der Waals surface area contributed by atoms with Gasteiger partial charge < -0.3 is 0 Å². The molecule has 0 unspecified atom stereocenters. The van der Waals surface area contributed by atoms with Crippen molar-refractivity contribution < 1.29 is 0 Å². The van der Waals surface area contributed by atoms with Crippen LogP contribution in [0.3, 0.4) is 0 Å². The molecule has 1 aromatic rings. The van der Waals surface area contributed by atoms with Gasteiger partial charge in [-0.05, 0) is 34.2 Å². The summed E-state index contributed by atoms with van der Waals surface area (Å²) in [4.78, 5) is 8.23. The fourth-order valence-corrected chi connectivity index (χ4v) is 1.86. The summed E-state index contributed by atoms with van der Waals surface area (Å²) < 4.78 is 1.03. The summed E-state index contributed by atoms with van der Waals surface area (Å²) in [6.45, 7) is 0.746. The highest BCUT2D eigenvalue weighted by atomic mass is 127. The Labute approximate surface area is 82.8 Å². The van der Waals surface area contributed by atoms with E-state index >= 15 is 0 Å². The SMILES string of the molecule is Clc1cc2c(cn1)C(I)=NC2. The highest BCUT2D eigenvalue weighted by molar-refractivity contribution is 14.1. The molecular formula is C7H4ClIN2. The zero-order valence-corrected chi connectivity index (χ0v) is 8.43. The number of halogens is 2. The van der Waals surface area contributed by atoms with Crippen molar-refractivity contribution >= 4 is 37.9 Å². The molecule has 0 aromatic carbocycles. The molecule has 0 amide bonds. The summed E-state index contributed by atoms with van der Waals surface area (Å²) in [7, 11) is 0. The summed E-state index contributed by atoms with van der Waals surface area (Å²) >= 11 is 7.91. The molecule has 0 bridgehead atoms. The van der Waals surface area contributed by atoms with Crippen LogP contribution in [0.5, 0.6) is 0 Å². The fraction of sp³-hybridized carbons (Fsp3) is 0.143. The minimum Gasteiger partial charge on any atom is -0.273 e. The minimum absolute atomic E-state index is 0.546. The third-order valence-electron chi connectivity index (χ3n) is 1.57. The first-order valence-corrected chi connectivity index (χ1v) is 4.58. The highest BCUT2D eigenvalue weighted by Gasteiger charge is 2.13. The van der Waals surface area contributed by atoms with Crippen LogP contribution >= 0.6 is 34.2 Å². The minimum atomic E-state index is 0.546. The van der Waals surface area contributed by atoms with E-state index in [-0.39, 0.29) is 0 Å². The van der Waals surface area contributed by atoms with Crippen LogP contribution in [0.15, 0.2) is 17.3 Å². The van der Waals surface area contributed by atoms with Crippen LogP contribution in [-0.2, 0) is 6.54 Å². The van der Waals surface area contributed by atoms with Crippen molar-refractivity contribution in [1.82, 2.24) is 4.98 Å². The molecule has 2 nitrogen and oxygen atoms in total. The first-order chi connectivity index (χ1) is 5.27. The summed E-state index contributed by atoms with van der Waals surface area (Å²) in [6.07, 6.45) is 1.77. The Kier molecular flexibility index (Phi) is 1.85. The van der Waals surface area contributed by atoms with Crippen LogP contribution in [0, 0.1) is 0 Å². The average Bonchev–Trinajstić information content (AvgIpc) is 2.32. The monoisotopic (exact) mass is 278 g/mol. The molecule has 1 aliphatic heterocycles. The molecule has 0 aliphatic carbocycles. The molecule has 2 heterocycles. The van der Waals surface area contributed by atoms with Crippen molar-refractivity contribution in [3.63, 3.8) is 0 Å². The summed E-state index contributed by atoms with van der Waals surface area (Å²) in [6, 6.07) is 1.87. The molecule has 1 aliphatic rings. The van der Waals surface area contributed by atoms with E-state index in [4.69, 9.17) is 11.6 Å². The van der Waals surface area contributed by atoms with Crippen LogP contribution < -0.4 is 0 Å². The molecule has 0 spiro atoms. The molecule has 0 saturated carbocycles. The molecule has 56 valence electrons. The van der Waals surface area contributed by atoms with E-state index in [1.807, 2.05) is 6.07 Å². The summed E-state index contributed by atoms with van der Waals surface area (Å²) in [5, 5.41) is 0.546. The van der Waals surface area contributed by atoms with Gasteiger partial charge in [-0.25, -0.2) is 4.98 Å². The smallest absolute Gasteiger partial charge is 0.129 e. The number of hydrogen-bond acceptors (Lipinski definition) is 2. The predicted molar refractivity (Wildman–Crippen MR) is 53.5 cm³/mol. The van der Waals surface area contributed by atoms with Gasteiger partial charge in [-0.15, -0.1) is 0 Å². The van der Waals surface area contributed by atoms with E-state index in [0.29, 0.717) is 5.15 Å². The fourth-order valence-electron chi connectivity index (χ4n) is 1.02. The zero-order valence-electron chi connectivity index (χ0n) is 5.51. The van der Waals surface area contributed by atoms with Gasteiger partial charge in [-0.2, -0.15) is 0 Å². The van der Waals surface area contributed by atoms with E-state index in [0.717, 1.165) is 15.8 Å². The molecule has 0 radical (unpaired) electrons. The normalized spacial score (nSPS) is 14.5. The quantitative estimate of drug-likeness (QED) is 0.528. The number of hydrogen-bond donors (Lipinski definition) is 0. The lowest BCUT2D eigenvalue weighted by atomic mass is 10.2. The number of fused-ring (bicyclic) bond motifs is 1. The summed E-state index contributed by atoms with van der Waals surface area (Å²) in [5.41, 5.74) is 2.30. The molecule has 11 heavy (non-hydrogen) atoms. The van der Waals surface area contributed by atoms with Crippen LogP contribution in [0.1, 0.15) is 11.1 Å². The van der Waals surface area contributed by atoms with Gasteiger partial charge in [0.1, 0.15) is 8.87 Å². The van der Waals surface area contributed by atoms with Crippen molar-refractivity contribution in [1.29, 1.82) is 0 Å². The number of rotatable bonds is 0. The van der Waals surface area contributed by atoms with Gasteiger partial charge in [0.2, 0.25) is 0 Å². The Bertz CT molecular complexity index is 335. The molecule has 4 heteroatoms. The lowest BCUT2D eigenvalue weighted by molar-refractivity contribution is 1.10. The molecule has 0 atom stereocenters. The van der Waals surface area contributed by atoms with Crippen LogP contribution in [0.2, 0.25) is 5.15 Å². The second kappa shape index (κ2) is 2.71. The van der Waals surface area contributed by atoms with E-state index in [1.54, 1.807) is 6.20 Å². The lowest BCUT2D eigenvalue weighted by Gasteiger charge is -1.96. The van der Waals surface area contributed by atoms with Crippen molar-refractivity contribution in [3.8, 4) is 0 Å². The number of aromatic nitrogens is 1. The van der Waals surface area contributed by atoms with Gasteiger partial charge >= 0.3 is 0 Å². The molecule has 0 fully saturated rings. The van der Waals surface area contributed by atoms with E-state index in [2.05, 4.69) is 32.6 Å². The standard InChI is InChI=1S/C7H4ClIN2/c8-6-1-4-2-11-7(9)5(4)3-10-6/h1,3H,2H2. The predicted octanol–water partition coefficient (Wildman–Crippen LogP) is 2.43. The van der Waals surface area contributed by atoms with Crippen LogP contribution in [0.25, 0.3) is 0 Å². The maximum atomic E-state index is 5.71. The van der Waals surface area contributed by atoms with Crippen molar-refractivity contribution in [2.75, 3.05) is 0 Å². The topological polar surface area (TPSA) is 25.2 Å².